The molecule has 3 amide bonds. The van der Waals surface area contributed by atoms with Gasteiger partial charge in [-0.3, -0.25) is 4.90 Å². The molecule has 0 atom stereocenters. The van der Waals surface area contributed by atoms with Gasteiger partial charge in [-0.05, 0) is 24.3 Å². The molecule has 1 aromatic carbocycles. The number of methoxy groups -OCH3 is 2. The quantitative estimate of drug-likeness (QED) is 0.844. The highest BCUT2D eigenvalue weighted by molar-refractivity contribution is 5.89. The van der Waals surface area contributed by atoms with Gasteiger partial charge in [-0.2, -0.15) is 0 Å². The van der Waals surface area contributed by atoms with Crippen LogP contribution in [0.15, 0.2) is 24.3 Å². The molecule has 8 nitrogen and oxygen atoms in total. The maximum absolute atomic E-state index is 11.8. The van der Waals surface area contributed by atoms with Gasteiger partial charge in [0.25, 0.3) is 0 Å². The fourth-order valence-corrected chi connectivity index (χ4v) is 2.46. The first-order valence-corrected chi connectivity index (χ1v) is 7.86. The van der Waals surface area contributed by atoms with Crippen LogP contribution in [0.5, 0.6) is 5.75 Å². The molecule has 2 N–H and O–H groups in total. The molecule has 0 spiro atoms. The number of hydrogen-bond acceptors (Lipinski definition) is 5. The van der Waals surface area contributed by atoms with E-state index >= 15 is 0 Å². The van der Waals surface area contributed by atoms with E-state index in [1.54, 1.807) is 36.3 Å². The number of nitrogens with zero attached hydrogens (tertiary/aromatic N) is 2. The molecule has 132 valence electrons. The van der Waals surface area contributed by atoms with Crippen LogP contribution >= 0.6 is 0 Å². The van der Waals surface area contributed by atoms with Crippen molar-refractivity contribution in [1.29, 1.82) is 0 Å². The minimum absolute atomic E-state index is 0.242. The Morgan fingerprint density at radius 2 is 1.75 bits per heavy atom. The van der Waals surface area contributed by atoms with Gasteiger partial charge in [0.15, 0.2) is 0 Å². The molecule has 1 fully saturated rings. The molecule has 0 bridgehead atoms. The molecule has 0 aliphatic carbocycles. The highest BCUT2D eigenvalue weighted by atomic mass is 16.5. The van der Waals surface area contributed by atoms with Crippen molar-refractivity contribution in [3.63, 3.8) is 0 Å². The fourth-order valence-electron chi connectivity index (χ4n) is 2.46. The Morgan fingerprint density at radius 1 is 1.08 bits per heavy atom. The summed E-state index contributed by atoms with van der Waals surface area (Å²) in [6.07, 6.45) is -0.286. The normalized spacial score (nSPS) is 14.8. The molecule has 0 unspecified atom stereocenters. The van der Waals surface area contributed by atoms with E-state index in [2.05, 4.69) is 15.5 Å². The van der Waals surface area contributed by atoms with Crippen LogP contribution in [0.1, 0.15) is 0 Å². The first-order chi connectivity index (χ1) is 11.6. The molecule has 1 aliphatic rings. The number of hydrogen-bond donors (Lipinski definition) is 2. The van der Waals surface area contributed by atoms with Crippen LogP contribution in [0.25, 0.3) is 0 Å². The zero-order chi connectivity index (χ0) is 17.4. The summed E-state index contributed by atoms with van der Waals surface area (Å²) in [5.41, 5.74) is 0.708. The molecule has 1 saturated heterocycles. The summed E-state index contributed by atoms with van der Waals surface area (Å²) in [5, 5.41) is 5.59. The van der Waals surface area contributed by atoms with E-state index in [0.29, 0.717) is 25.3 Å². The number of urea groups is 1. The summed E-state index contributed by atoms with van der Waals surface area (Å²) in [4.78, 5) is 27.1. The van der Waals surface area contributed by atoms with Gasteiger partial charge >= 0.3 is 12.1 Å². The average Bonchev–Trinajstić information content (AvgIpc) is 2.62. The molecular weight excluding hydrogens is 312 g/mol. The summed E-state index contributed by atoms with van der Waals surface area (Å²) in [6, 6.07) is 6.90. The fraction of sp³-hybridized carbons (Fsp3) is 0.500. The Morgan fingerprint density at radius 3 is 2.33 bits per heavy atom. The van der Waals surface area contributed by atoms with Crippen molar-refractivity contribution in [2.24, 2.45) is 0 Å². The van der Waals surface area contributed by atoms with Crippen molar-refractivity contribution in [1.82, 2.24) is 15.1 Å². The Bertz CT molecular complexity index is 542. The third-order valence-corrected chi connectivity index (χ3v) is 3.87. The number of benzene rings is 1. The first kappa shape index (κ1) is 17.9. The van der Waals surface area contributed by atoms with Gasteiger partial charge in [0.1, 0.15) is 5.75 Å². The third-order valence-electron chi connectivity index (χ3n) is 3.87. The summed E-state index contributed by atoms with van der Waals surface area (Å²) < 4.78 is 9.77. The predicted octanol–water partition coefficient (Wildman–Crippen LogP) is 1.20. The number of amides is 3. The smallest absolute Gasteiger partial charge is 0.409 e. The van der Waals surface area contributed by atoms with E-state index in [0.717, 1.165) is 25.4 Å². The summed E-state index contributed by atoms with van der Waals surface area (Å²) in [7, 11) is 2.99. The van der Waals surface area contributed by atoms with Crippen molar-refractivity contribution in [2.45, 2.75) is 0 Å². The van der Waals surface area contributed by atoms with Gasteiger partial charge in [0, 0.05) is 45.0 Å². The Hall–Kier alpha value is -2.48. The number of anilines is 1. The Labute approximate surface area is 141 Å². The third kappa shape index (κ3) is 5.31. The molecule has 1 heterocycles. The van der Waals surface area contributed by atoms with Gasteiger partial charge in [-0.25, -0.2) is 9.59 Å². The number of carbonyl (C=O) groups is 2. The maximum atomic E-state index is 11.8. The first-order valence-electron chi connectivity index (χ1n) is 7.86. The molecular formula is C16H24N4O4. The molecule has 2 rings (SSSR count). The summed E-state index contributed by atoms with van der Waals surface area (Å²) >= 11 is 0. The number of ether oxygens (including phenoxy) is 2. The second-order valence-electron chi connectivity index (χ2n) is 5.41. The van der Waals surface area contributed by atoms with Crippen molar-refractivity contribution in [3.05, 3.63) is 24.3 Å². The minimum atomic E-state index is -0.286. The van der Waals surface area contributed by atoms with Crippen LogP contribution in [0, 0.1) is 0 Å². The second-order valence-corrected chi connectivity index (χ2v) is 5.41. The van der Waals surface area contributed by atoms with E-state index < -0.39 is 0 Å². The van der Waals surface area contributed by atoms with Crippen molar-refractivity contribution in [3.8, 4) is 5.75 Å². The van der Waals surface area contributed by atoms with Crippen LogP contribution in [0.2, 0.25) is 0 Å². The minimum Gasteiger partial charge on any atom is -0.497 e. The predicted molar refractivity (Wildman–Crippen MR) is 90.4 cm³/mol. The zero-order valence-corrected chi connectivity index (χ0v) is 14.1. The lowest BCUT2D eigenvalue weighted by atomic mass is 10.3. The van der Waals surface area contributed by atoms with Crippen LogP contribution in [0.4, 0.5) is 15.3 Å². The standard InChI is InChI=1S/C16H24N4O4/c1-23-14-5-3-13(4-6-14)18-15(21)17-7-8-19-9-11-20(12-10-19)16(22)24-2/h3-6H,7-12H2,1-2H3,(H2,17,18,21). The number of piperazine rings is 1. The molecule has 1 aliphatic heterocycles. The van der Waals surface area contributed by atoms with E-state index in [-0.39, 0.29) is 12.1 Å². The topological polar surface area (TPSA) is 83.1 Å². The van der Waals surface area contributed by atoms with Crippen LogP contribution in [-0.4, -0.2) is 75.4 Å². The molecule has 0 aromatic heterocycles. The molecule has 8 heteroatoms. The maximum Gasteiger partial charge on any atom is 0.409 e. The molecule has 0 radical (unpaired) electrons. The number of carbonyl (C=O) groups excluding carboxylic acids is 2. The van der Waals surface area contributed by atoms with Crippen LogP contribution in [0.3, 0.4) is 0 Å². The van der Waals surface area contributed by atoms with Gasteiger partial charge in [-0.15, -0.1) is 0 Å². The SMILES string of the molecule is COC(=O)N1CCN(CCNC(=O)Nc2ccc(OC)cc2)CC1. The van der Waals surface area contributed by atoms with Gasteiger partial charge in [0.2, 0.25) is 0 Å². The molecule has 1 aromatic rings. The van der Waals surface area contributed by atoms with Crippen LogP contribution < -0.4 is 15.4 Å². The van der Waals surface area contributed by atoms with Crippen LogP contribution in [-0.2, 0) is 4.74 Å². The van der Waals surface area contributed by atoms with Crippen molar-refractivity contribution in [2.75, 3.05) is 58.8 Å². The number of nitrogens with one attached hydrogen (secondary N) is 2. The van der Waals surface area contributed by atoms with E-state index in [1.807, 2.05) is 0 Å². The Kier molecular flexibility index (Phi) is 6.68. The molecule has 24 heavy (non-hydrogen) atoms. The molecule has 0 saturated carbocycles. The van der Waals surface area contributed by atoms with Crippen molar-refractivity contribution < 1.29 is 19.1 Å². The Balaban J connectivity index is 1.63. The number of rotatable bonds is 5. The van der Waals surface area contributed by atoms with E-state index in [9.17, 15) is 9.59 Å². The second kappa shape index (κ2) is 8.97. The highest BCUT2D eigenvalue weighted by Gasteiger charge is 2.20. The zero-order valence-electron chi connectivity index (χ0n) is 14.1. The average molecular weight is 336 g/mol. The monoisotopic (exact) mass is 336 g/mol. The highest BCUT2D eigenvalue weighted by Crippen LogP contribution is 2.14. The van der Waals surface area contributed by atoms with Gasteiger partial charge in [0.05, 0.1) is 14.2 Å². The summed E-state index contributed by atoms with van der Waals surface area (Å²) in [5.74, 6) is 0.743. The lowest BCUT2D eigenvalue weighted by Gasteiger charge is -2.33. The summed E-state index contributed by atoms with van der Waals surface area (Å²) in [6.45, 7) is 4.12. The van der Waals surface area contributed by atoms with Crippen molar-refractivity contribution >= 4 is 17.8 Å². The largest absolute Gasteiger partial charge is 0.497 e. The van der Waals surface area contributed by atoms with E-state index in [4.69, 9.17) is 9.47 Å². The van der Waals surface area contributed by atoms with Gasteiger partial charge in [-0.1, -0.05) is 0 Å². The van der Waals surface area contributed by atoms with E-state index in [1.165, 1.54) is 7.11 Å². The van der Waals surface area contributed by atoms with Gasteiger partial charge < -0.3 is 25.0 Å². The lowest BCUT2D eigenvalue weighted by molar-refractivity contribution is 0.0916. The lowest BCUT2D eigenvalue weighted by Crippen LogP contribution is -2.50.